The zero-order chi connectivity index (χ0) is 21.7. The zero-order valence-corrected chi connectivity index (χ0v) is 21.5. The van der Waals surface area contributed by atoms with Gasteiger partial charge in [0.2, 0.25) is 0 Å². The second-order valence-corrected chi connectivity index (χ2v) is 8.23. The molecule has 0 fully saturated rings. The minimum Gasteiger partial charge on any atom is -0.251 e. The van der Waals surface area contributed by atoms with Gasteiger partial charge < -0.3 is 0 Å². The molecule has 3 aromatic rings. The summed E-state index contributed by atoms with van der Waals surface area (Å²) in [6.07, 6.45) is 0. The zero-order valence-electron chi connectivity index (χ0n) is 19.6. The summed E-state index contributed by atoms with van der Waals surface area (Å²) >= 11 is 0. The van der Waals surface area contributed by atoms with Crippen molar-refractivity contribution in [2.75, 3.05) is 0 Å². The molecule has 32 heavy (non-hydrogen) atoms. The number of hydrogen-bond acceptors (Lipinski definition) is 3. The van der Waals surface area contributed by atoms with Gasteiger partial charge in [0.25, 0.3) is 0 Å². The summed E-state index contributed by atoms with van der Waals surface area (Å²) in [6.45, 7) is 12.8. The van der Waals surface area contributed by atoms with E-state index < -0.39 is 0 Å². The first-order valence-electron chi connectivity index (χ1n) is 10.6. The van der Waals surface area contributed by atoms with Crippen molar-refractivity contribution < 1.29 is 17.1 Å². The summed E-state index contributed by atoms with van der Waals surface area (Å²) in [5.41, 5.74) is 8.06. The number of benzene rings is 2. The number of halogens is 1. The predicted molar refractivity (Wildman–Crippen MR) is 136 cm³/mol. The summed E-state index contributed by atoms with van der Waals surface area (Å²) in [4.78, 5) is 14.6. The van der Waals surface area contributed by atoms with E-state index >= 15 is 0 Å². The van der Waals surface area contributed by atoms with Crippen LogP contribution in [0.15, 0.2) is 76.7 Å². The molecule has 1 heterocycles. The van der Waals surface area contributed by atoms with Crippen LogP contribution >= 0.6 is 12.4 Å². The maximum absolute atomic E-state index is 4.89. The van der Waals surface area contributed by atoms with E-state index in [0.29, 0.717) is 11.8 Å². The van der Waals surface area contributed by atoms with Crippen molar-refractivity contribution in [3.05, 3.63) is 89.2 Å². The molecule has 0 N–H and O–H groups in total. The third-order valence-electron chi connectivity index (χ3n) is 5.18. The van der Waals surface area contributed by atoms with Gasteiger partial charge in [-0.3, -0.25) is 9.98 Å². The van der Waals surface area contributed by atoms with Crippen LogP contribution in [0.4, 0.5) is 11.4 Å². The number of rotatable bonds is 6. The monoisotopic (exact) mass is 489 g/mol. The van der Waals surface area contributed by atoms with Crippen LogP contribution in [-0.4, -0.2) is 16.4 Å². The average molecular weight is 490 g/mol. The van der Waals surface area contributed by atoms with Gasteiger partial charge in [0.05, 0.1) is 34.2 Å². The van der Waals surface area contributed by atoms with E-state index in [1.54, 1.807) is 0 Å². The summed E-state index contributed by atoms with van der Waals surface area (Å²) in [5.74, 6) is 0.847. The third-order valence-corrected chi connectivity index (χ3v) is 5.18. The van der Waals surface area contributed by atoms with Gasteiger partial charge in [0.1, 0.15) is 0 Å². The Balaban J connectivity index is 0.00000256. The predicted octanol–water partition coefficient (Wildman–Crippen LogP) is 8.03. The van der Waals surface area contributed by atoms with Crippen molar-refractivity contribution in [3.8, 4) is 0 Å². The summed E-state index contributed by atoms with van der Waals surface area (Å²) < 4.78 is 0. The molecule has 0 spiro atoms. The maximum atomic E-state index is 4.89. The van der Waals surface area contributed by atoms with E-state index in [9.17, 15) is 0 Å². The molecule has 0 aliphatic heterocycles. The Morgan fingerprint density at radius 3 is 1.38 bits per heavy atom. The van der Waals surface area contributed by atoms with Crippen LogP contribution in [0.25, 0.3) is 0 Å². The standard InChI is InChI=1S/C27H31N3.ClH.Fe/c1-18(2)22-12-7-9-14-26(22)28-20(5)24-16-11-17-25(30-24)21(6)29-27-15-10-8-13-23(27)19(3)4;;/h7-19H,1-6H3;1H;. The topological polar surface area (TPSA) is 37.6 Å². The largest absolute Gasteiger partial charge is 0.251 e. The summed E-state index contributed by atoms with van der Waals surface area (Å²) in [6, 6.07) is 22.7. The fourth-order valence-electron chi connectivity index (χ4n) is 3.47. The summed E-state index contributed by atoms with van der Waals surface area (Å²) in [5, 5.41) is 0. The molecule has 0 unspecified atom stereocenters. The van der Waals surface area contributed by atoms with E-state index in [1.165, 1.54) is 11.1 Å². The molecule has 3 rings (SSSR count). The molecule has 2 aromatic carbocycles. The minimum absolute atomic E-state index is 0. The molecule has 3 nitrogen and oxygen atoms in total. The number of para-hydroxylation sites is 2. The van der Waals surface area contributed by atoms with Crippen LogP contribution < -0.4 is 0 Å². The molecule has 5 heteroatoms. The first-order valence-corrected chi connectivity index (χ1v) is 10.6. The molecule has 170 valence electrons. The van der Waals surface area contributed by atoms with Crippen molar-refractivity contribution >= 4 is 35.2 Å². The molecule has 1 aromatic heterocycles. The molecular weight excluding hydrogens is 458 g/mol. The van der Waals surface area contributed by atoms with Gasteiger partial charge in [-0.05, 0) is 61.1 Å². The van der Waals surface area contributed by atoms with Gasteiger partial charge in [-0.2, -0.15) is 0 Å². The van der Waals surface area contributed by atoms with Gasteiger partial charge in [-0.15, -0.1) is 12.4 Å². The van der Waals surface area contributed by atoms with Crippen LogP contribution in [0.3, 0.4) is 0 Å². The third kappa shape index (κ3) is 6.87. The van der Waals surface area contributed by atoms with Crippen molar-refractivity contribution in [2.24, 2.45) is 9.98 Å². The van der Waals surface area contributed by atoms with Crippen LogP contribution in [0.5, 0.6) is 0 Å². The Hall–Kier alpha value is -2.26. The van der Waals surface area contributed by atoms with Crippen molar-refractivity contribution in [3.63, 3.8) is 0 Å². The fraction of sp³-hybridized carbons (Fsp3) is 0.296. The number of nitrogens with zero attached hydrogens (tertiary/aromatic N) is 3. The smallest absolute Gasteiger partial charge is 0.0849 e. The SMILES string of the molecule is CC(=Nc1ccccc1C(C)C)c1cccc(C(C)=Nc2ccccc2C(C)C)n1.Cl.[Fe]. The summed E-state index contributed by atoms with van der Waals surface area (Å²) in [7, 11) is 0. The Bertz CT molecular complexity index is 1000. The van der Waals surface area contributed by atoms with E-state index in [2.05, 4.69) is 64.1 Å². The molecule has 0 amide bonds. The Morgan fingerprint density at radius 1 is 0.625 bits per heavy atom. The van der Waals surface area contributed by atoms with Crippen LogP contribution in [0, 0.1) is 0 Å². The van der Waals surface area contributed by atoms with Crippen molar-refractivity contribution in [1.82, 2.24) is 4.98 Å². The molecule has 0 radical (unpaired) electrons. The van der Waals surface area contributed by atoms with Gasteiger partial charge in [0, 0.05) is 17.1 Å². The first kappa shape index (κ1) is 27.8. The van der Waals surface area contributed by atoms with E-state index in [0.717, 1.165) is 34.2 Å². The quantitative estimate of drug-likeness (QED) is 0.255. The number of aliphatic imine (C=N–C) groups is 2. The van der Waals surface area contributed by atoms with E-state index in [-0.39, 0.29) is 29.5 Å². The number of hydrogen-bond donors (Lipinski definition) is 0. The fourth-order valence-corrected chi connectivity index (χ4v) is 3.47. The first-order chi connectivity index (χ1) is 14.4. The number of pyridine rings is 1. The Morgan fingerprint density at radius 2 is 1.00 bits per heavy atom. The van der Waals surface area contributed by atoms with Gasteiger partial charge in [-0.1, -0.05) is 70.2 Å². The number of aromatic nitrogens is 1. The minimum atomic E-state index is 0. The average Bonchev–Trinajstić information content (AvgIpc) is 2.74. The second kappa shape index (κ2) is 12.7. The Labute approximate surface area is 209 Å². The normalized spacial score (nSPS) is 11.9. The van der Waals surface area contributed by atoms with Crippen molar-refractivity contribution in [1.29, 1.82) is 0 Å². The van der Waals surface area contributed by atoms with Gasteiger partial charge in [0.15, 0.2) is 0 Å². The molecule has 0 saturated carbocycles. The van der Waals surface area contributed by atoms with Crippen LogP contribution in [-0.2, 0) is 17.1 Å². The van der Waals surface area contributed by atoms with Crippen LogP contribution in [0.1, 0.15) is 75.9 Å². The Kier molecular flexibility index (Phi) is 11.0. The van der Waals surface area contributed by atoms with E-state index in [1.807, 2.05) is 44.2 Å². The molecule has 0 aliphatic rings. The van der Waals surface area contributed by atoms with E-state index in [4.69, 9.17) is 15.0 Å². The molecular formula is C27H32ClFeN3. The van der Waals surface area contributed by atoms with Crippen molar-refractivity contribution in [2.45, 2.75) is 53.4 Å². The molecule has 0 atom stereocenters. The maximum Gasteiger partial charge on any atom is 0.0849 e. The van der Waals surface area contributed by atoms with Crippen LogP contribution in [0.2, 0.25) is 0 Å². The van der Waals surface area contributed by atoms with Gasteiger partial charge >= 0.3 is 0 Å². The molecule has 0 saturated heterocycles. The van der Waals surface area contributed by atoms with Gasteiger partial charge in [-0.25, -0.2) is 4.98 Å². The molecule has 0 bridgehead atoms. The second-order valence-electron chi connectivity index (χ2n) is 8.23. The molecule has 0 aliphatic carbocycles.